The van der Waals surface area contributed by atoms with E-state index in [1.54, 1.807) is 18.3 Å². The smallest absolute Gasteiger partial charge is 0.311 e. The van der Waals surface area contributed by atoms with Gasteiger partial charge in [0.1, 0.15) is 6.10 Å². The number of benzene rings is 1. The van der Waals surface area contributed by atoms with Crippen molar-refractivity contribution in [1.82, 2.24) is 20.9 Å². The van der Waals surface area contributed by atoms with Gasteiger partial charge >= 0.3 is 5.97 Å². The summed E-state index contributed by atoms with van der Waals surface area (Å²) in [6.07, 6.45) is 2.93. The van der Waals surface area contributed by atoms with Gasteiger partial charge in [-0.15, -0.1) is 0 Å². The number of hydrogen-bond acceptors (Lipinski definition) is 9. The van der Waals surface area contributed by atoms with Gasteiger partial charge in [-0.3, -0.25) is 19.8 Å². The normalized spacial score (nSPS) is 15.7. The quantitative estimate of drug-likeness (QED) is 0.282. The molecule has 0 saturated carbocycles. The number of pyridine rings is 1. The first kappa shape index (κ1) is 26.5. The van der Waals surface area contributed by atoms with Crippen LogP contribution in [0.5, 0.6) is 5.75 Å². The summed E-state index contributed by atoms with van der Waals surface area (Å²) in [5.41, 5.74) is 5.52. The van der Waals surface area contributed by atoms with Crippen molar-refractivity contribution in [1.29, 1.82) is 0 Å². The molecule has 2 aromatic rings. The molecule has 9 nitrogen and oxygen atoms in total. The number of carbonyl (C=O) groups excluding carboxylic acids is 1. The van der Waals surface area contributed by atoms with Crippen molar-refractivity contribution < 1.29 is 24.3 Å². The molecule has 3 rings (SSSR count). The number of aryl methyl sites for hydroxylation is 1. The van der Waals surface area contributed by atoms with Crippen molar-refractivity contribution in [2.45, 2.75) is 65.2 Å². The van der Waals surface area contributed by atoms with E-state index >= 15 is 0 Å². The van der Waals surface area contributed by atoms with Crippen LogP contribution in [-0.4, -0.2) is 45.6 Å². The van der Waals surface area contributed by atoms with E-state index in [0.29, 0.717) is 42.5 Å². The Labute approximate surface area is 205 Å². The molecule has 0 radical (unpaired) electrons. The highest BCUT2D eigenvalue weighted by Gasteiger charge is 2.30. The minimum Gasteiger partial charge on any atom is -0.424 e. The second kappa shape index (κ2) is 11.5. The van der Waals surface area contributed by atoms with Gasteiger partial charge in [0, 0.05) is 41.4 Å². The monoisotopic (exact) mass is 492 g/mol. The SMILES string of the molecule is Cc1ncc2c(c1OC(=O)CCCCONN(O)N(C)C(C)(C)C)CO[C@H]2c1ccc(Cl)cc1. The van der Waals surface area contributed by atoms with E-state index in [0.717, 1.165) is 22.0 Å². The lowest BCUT2D eigenvalue weighted by atomic mass is 10.0. The van der Waals surface area contributed by atoms with E-state index in [9.17, 15) is 10.0 Å². The zero-order chi connectivity index (χ0) is 24.9. The van der Waals surface area contributed by atoms with Crippen LogP contribution in [0.4, 0.5) is 0 Å². The number of halogens is 1. The molecule has 2 heterocycles. The molecule has 1 aliphatic heterocycles. The highest BCUT2D eigenvalue weighted by molar-refractivity contribution is 6.30. The maximum Gasteiger partial charge on any atom is 0.311 e. The van der Waals surface area contributed by atoms with Gasteiger partial charge in [0.2, 0.25) is 0 Å². The molecule has 10 heteroatoms. The van der Waals surface area contributed by atoms with E-state index < -0.39 is 0 Å². The third-order valence-electron chi connectivity index (χ3n) is 5.69. The summed E-state index contributed by atoms with van der Waals surface area (Å²) in [5, 5.41) is 12.9. The van der Waals surface area contributed by atoms with Gasteiger partial charge in [0.15, 0.2) is 5.75 Å². The minimum absolute atomic E-state index is 0.235. The van der Waals surface area contributed by atoms with Gasteiger partial charge in [0.05, 0.1) is 18.9 Å². The van der Waals surface area contributed by atoms with Crippen LogP contribution in [0, 0.1) is 6.92 Å². The molecule has 0 spiro atoms. The fourth-order valence-electron chi connectivity index (χ4n) is 3.39. The molecule has 1 aromatic heterocycles. The lowest BCUT2D eigenvalue weighted by Crippen LogP contribution is -2.54. The first-order valence-corrected chi connectivity index (χ1v) is 11.6. The molecule has 0 fully saturated rings. The molecule has 0 unspecified atom stereocenters. The Kier molecular flexibility index (Phi) is 9.00. The number of nitrogens with one attached hydrogen (secondary N) is 1. The maximum atomic E-state index is 12.5. The van der Waals surface area contributed by atoms with Crippen molar-refractivity contribution >= 4 is 17.6 Å². The van der Waals surface area contributed by atoms with Crippen LogP contribution < -0.4 is 10.3 Å². The van der Waals surface area contributed by atoms with Crippen LogP contribution in [0.3, 0.4) is 0 Å². The van der Waals surface area contributed by atoms with Crippen LogP contribution >= 0.6 is 11.6 Å². The predicted molar refractivity (Wildman–Crippen MR) is 127 cm³/mol. The molecule has 0 aliphatic carbocycles. The van der Waals surface area contributed by atoms with Gasteiger partial charge in [-0.2, -0.15) is 5.01 Å². The van der Waals surface area contributed by atoms with Crippen LogP contribution in [0.15, 0.2) is 30.5 Å². The first-order valence-electron chi connectivity index (χ1n) is 11.2. The number of fused-ring (bicyclic) bond motifs is 1. The van der Waals surface area contributed by atoms with Gasteiger partial charge in [-0.05, 0) is 63.5 Å². The number of esters is 1. The molecule has 0 amide bonds. The Bertz CT molecular complexity index is 981. The maximum absolute atomic E-state index is 12.5. The fourth-order valence-corrected chi connectivity index (χ4v) is 3.52. The Morgan fingerprint density at radius 3 is 2.68 bits per heavy atom. The third kappa shape index (κ3) is 6.73. The van der Waals surface area contributed by atoms with E-state index in [2.05, 4.69) is 10.6 Å². The third-order valence-corrected chi connectivity index (χ3v) is 5.94. The molecule has 1 atom stereocenters. The number of hydrogen-bond donors (Lipinski definition) is 2. The van der Waals surface area contributed by atoms with Crippen LogP contribution in [0.25, 0.3) is 0 Å². The van der Waals surface area contributed by atoms with Gasteiger partial charge < -0.3 is 9.47 Å². The summed E-state index contributed by atoms with van der Waals surface area (Å²) in [6.45, 7) is 8.33. The van der Waals surface area contributed by atoms with Crippen molar-refractivity contribution in [3.05, 3.63) is 57.9 Å². The lowest BCUT2D eigenvalue weighted by Gasteiger charge is -2.36. The van der Waals surface area contributed by atoms with Crippen molar-refractivity contribution in [2.75, 3.05) is 13.7 Å². The number of nitrogens with zero attached hydrogens (tertiary/aromatic N) is 3. The zero-order valence-electron chi connectivity index (χ0n) is 20.3. The van der Waals surface area contributed by atoms with Crippen LogP contribution in [0.1, 0.15) is 68.5 Å². The number of carbonyl (C=O) groups is 1. The highest BCUT2D eigenvalue weighted by atomic mass is 35.5. The molecule has 1 aromatic carbocycles. The topological polar surface area (TPSA) is 96.4 Å². The molecular formula is C24H33ClN4O5. The van der Waals surface area contributed by atoms with E-state index in [4.69, 9.17) is 25.9 Å². The molecule has 186 valence electrons. The fraction of sp³-hybridized carbons (Fsp3) is 0.500. The average Bonchev–Trinajstić information content (AvgIpc) is 3.21. The van der Waals surface area contributed by atoms with Gasteiger partial charge in [-0.1, -0.05) is 29.3 Å². The average molecular weight is 493 g/mol. The summed E-state index contributed by atoms with van der Waals surface area (Å²) in [5.74, 6) is 0.135. The Balaban J connectivity index is 1.48. The zero-order valence-corrected chi connectivity index (χ0v) is 21.1. The number of aromatic nitrogens is 1. The second-order valence-electron chi connectivity index (χ2n) is 9.20. The van der Waals surface area contributed by atoms with Gasteiger partial charge in [-0.25, -0.2) is 0 Å². The predicted octanol–water partition coefficient (Wildman–Crippen LogP) is 4.51. The summed E-state index contributed by atoms with van der Waals surface area (Å²) < 4.78 is 11.7. The number of unbranched alkanes of at least 4 members (excludes halogenated alkanes) is 1. The van der Waals surface area contributed by atoms with E-state index in [1.165, 1.54) is 0 Å². The summed E-state index contributed by atoms with van der Waals surface area (Å²) in [4.78, 5) is 22.1. The summed E-state index contributed by atoms with van der Waals surface area (Å²) in [6, 6.07) is 7.48. The van der Waals surface area contributed by atoms with E-state index in [1.807, 2.05) is 52.0 Å². The van der Waals surface area contributed by atoms with Crippen molar-refractivity contribution in [3.8, 4) is 5.75 Å². The molecule has 34 heavy (non-hydrogen) atoms. The Morgan fingerprint density at radius 2 is 2.00 bits per heavy atom. The van der Waals surface area contributed by atoms with Crippen molar-refractivity contribution in [3.63, 3.8) is 0 Å². The molecule has 0 saturated heterocycles. The molecule has 1 aliphatic rings. The highest BCUT2D eigenvalue weighted by Crippen LogP contribution is 2.41. The van der Waals surface area contributed by atoms with E-state index in [-0.39, 0.29) is 24.0 Å². The number of rotatable bonds is 10. The molecule has 0 bridgehead atoms. The summed E-state index contributed by atoms with van der Waals surface area (Å²) in [7, 11) is 1.73. The largest absolute Gasteiger partial charge is 0.424 e. The number of hydrazine groups is 2. The minimum atomic E-state index is -0.336. The molecule has 2 N–H and O–H groups in total. The van der Waals surface area contributed by atoms with Crippen molar-refractivity contribution in [2.24, 2.45) is 0 Å². The standard InChI is InChI=1S/C24H33ClN4O5/c1-16-22(20-15-32-23(19(20)14-26-16)17-9-11-18(25)12-10-17)34-21(30)8-6-7-13-33-27-29(31)28(5)24(2,3)4/h9-12,14,23,27,31H,6-8,13,15H2,1-5H3/t23-/m0/s1. The number of ether oxygens (including phenoxy) is 2. The Morgan fingerprint density at radius 1 is 1.29 bits per heavy atom. The van der Waals surface area contributed by atoms with Crippen LogP contribution in [0.2, 0.25) is 5.02 Å². The van der Waals surface area contributed by atoms with Gasteiger partial charge in [0.25, 0.3) is 0 Å². The molecular weight excluding hydrogens is 460 g/mol. The van der Waals surface area contributed by atoms with Crippen LogP contribution in [-0.2, 0) is 21.0 Å². The Hall–Kier alpha value is -2.11. The lowest BCUT2D eigenvalue weighted by molar-refractivity contribution is -0.356. The summed E-state index contributed by atoms with van der Waals surface area (Å²) >= 11 is 6.00. The first-order chi connectivity index (χ1) is 16.1. The second-order valence-corrected chi connectivity index (χ2v) is 9.64.